The van der Waals surface area contributed by atoms with Crippen LogP contribution in [0, 0.1) is 5.92 Å². The summed E-state index contributed by atoms with van der Waals surface area (Å²) < 4.78 is 5.12. The Morgan fingerprint density at radius 3 is 3.11 bits per heavy atom. The minimum atomic E-state index is -0.348. The van der Waals surface area contributed by atoms with E-state index in [1.54, 1.807) is 0 Å². The van der Waals surface area contributed by atoms with E-state index in [4.69, 9.17) is 10.5 Å². The Bertz CT molecular complexity index is 337. The molecule has 2 aliphatic rings. The number of rotatable bonds is 5. The molecule has 2 heterocycles. The normalized spacial score (nSPS) is 27.7. The topological polar surface area (TPSA) is 96.7 Å². The molecule has 7 nitrogen and oxygen atoms in total. The highest BCUT2D eigenvalue weighted by Gasteiger charge is 2.30. The predicted octanol–water partition coefficient (Wildman–Crippen LogP) is -1.12. The van der Waals surface area contributed by atoms with Gasteiger partial charge in [0.05, 0.1) is 12.5 Å². The molecule has 4 N–H and O–H groups in total. The van der Waals surface area contributed by atoms with Gasteiger partial charge in [0.15, 0.2) is 0 Å². The summed E-state index contributed by atoms with van der Waals surface area (Å²) in [5.41, 5.74) is 5.38. The molecular weight excluding hydrogens is 248 g/mol. The number of carbonyl (C=O) groups is 2. The highest BCUT2D eigenvalue weighted by molar-refractivity contribution is 5.78. The number of hydrogen-bond acceptors (Lipinski definition) is 5. The molecule has 2 fully saturated rings. The van der Waals surface area contributed by atoms with Gasteiger partial charge in [0.2, 0.25) is 5.91 Å². The van der Waals surface area contributed by atoms with Crippen LogP contribution >= 0.6 is 0 Å². The van der Waals surface area contributed by atoms with Crippen LogP contribution in [0.4, 0.5) is 4.79 Å². The molecule has 0 saturated carbocycles. The van der Waals surface area contributed by atoms with Gasteiger partial charge in [-0.25, -0.2) is 4.79 Å². The molecule has 2 amide bonds. The lowest BCUT2D eigenvalue weighted by Crippen LogP contribution is -2.46. The molecule has 0 aromatic rings. The van der Waals surface area contributed by atoms with Crippen molar-refractivity contribution in [2.75, 3.05) is 39.3 Å². The van der Waals surface area contributed by atoms with Crippen molar-refractivity contribution in [2.45, 2.75) is 18.9 Å². The summed E-state index contributed by atoms with van der Waals surface area (Å²) >= 11 is 0. The monoisotopic (exact) mass is 270 g/mol. The highest BCUT2D eigenvalue weighted by atomic mass is 16.6. The lowest BCUT2D eigenvalue weighted by Gasteiger charge is -2.32. The Morgan fingerprint density at radius 2 is 2.42 bits per heavy atom. The zero-order chi connectivity index (χ0) is 13.7. The second-order valence-corrected chi connectivity index (χ2v) is 5.09. The van der Waals surface area contributed by atoms with Gasteiger partial charge in [-0.1, -0.05) is 0 Å². The van der Waals surface area contributed by atoms with Gasteiger partial charge >= 0.3 is 6.09 Å². The fourth-order valence-electron chi connectivity index (χ4n) is 2.60. The molecule has 2 rings (SSSR count). The van der Waals surface area contributed by atoms with Gasteiger partial charge in [-0.2, -0.15) is 0 Å². The van der Waals surface area contributed by atoms with Crippen molar-refractivity contribution < 1.29 is 14.3 Å². The van der Waals surface area contributed by atoms with Crippen molar-refractivity contribution in [3.05, 3.63) is 0 Å². The number of piperidine rings is 1. The van der Waals surface area contributed by atoms with Crippen LogP contribution in [0.2, 0.25) is 0 Å². The number of carbonyl (C=O) groups excluding carboxylic acids is 2. The molecule has 7 heteroatoms. The van der Waals surface area contributed by atoms with Crippen LogP contribution in [-0.2, 0) is 9.53 Å². The molecule has 0 aromatic heterocycles. The van der Waals surface area contributed by atoms with Crippen molar-refractivity contribution in [2.24, 2.45) is 11.7 Å². The molecule has 2 unspecified atom stereocenters. The number of alkyl carbamates (subject to hydrolysis) is 1. The number of likely N-dealkylation sites (tertiary alicyclic amines) is 1. The van der Waals surface area contributed by atoms with Gasteiger partial charge in [-0.3, -0.25) is 9.69 Å². The molecule has 2 aliphatic heterocycles. The molecular formula is C12H22N4O3. The molecule has 2 saturated heterocycles. The minimum Gasteiger partial charge on any atom is -0.443 e. The van der Waals surface area contributed by atoms with E-state index in [1.165, 1.54) is 0 Å². The molecule has 2 atom stereocenters. The Hall–Kier alpha value is -1.34. The second-order valence-electron chi connectivity index (χ2n) is 5.09. The maximum absolute atomic E-state index is 11.9. The zero-order valence-electron chi connectivity index (χ0n) is 11.1. The van der Waals surface area contributed by atoms with E-state index in [9.17, 15) is 9.59 Å². The Morgan fingerprint density at radius 1 is 1.58 bits per heavy atom. The van der Waals surface area contributed by atoms with Gasteiger partial charge in [-0.15, -0.1) is 0 Å². The minimum absolute atomic E-state index is 0.0189. The van der Waals surface area contributed by atoms with E-state index in [2.05, 4.69) is 15.5 Å². The largest absolute Gasteiger partial charge is 0.443 e. The molecule has 0 aromatic carbocycles. The Labute approximate surface area is 112 Å². The van der Waals surface area contributed by atoms with Crippen molar-refractivity contribution in [1.29, 1.82) is 0 Å². The van der Waals surface area contributed by atoms with Crippen LogP contribution in [0.1, 0.15) is 12.8 Å². The van der Waals surface area contributed by atoms with Crippen molar-refractivity contribution in [1.82, 2.24) is 15.5 Å². The summed E-state index contributed by atoms with van der Waals surface area (Å²) in [4.78, 5) is 25.1. The van der Waals surface area contributed by atoms with E-state index in [0.717, 1.165) is 25.9 Å². The van der Waals surface area contributed by atoms with Gasteiger partial charge in [0.1, 0.15) is 6.10 Å². The number of nitrogens with one attached hydrogen (secondary N) is 2. The Balaban J connectivity index is 1.76. The maximum atomic E-state index is 11.9. The summed E-state index contributed by atoms with van der Waals surface area (Å²) in [5.74, 6) is 0.0991. The van der Waals surface area contributed by atoms with E-state index in [-0.39, 0.29) is 24.0 Å². The molecule has 0 spiro atoms. The number of nitrogens with zero attached hydrogens (tertiary/aromatic N) is 1. The standard InChI is InChI=1S/C12H22N4O3/c13-3-4-14-11(17)9-2-1-5-16(7-9)8-10-6-15-12(18)19-10/h9-10H,1-8,13H2,(H,14,17)(H,15,18). The van der Waals surface area contributed by atoms with E-state index < -0.39 is 0 Å². The average Bonchev–Trinajstić information content (AvgIpc) is 2.81. The first-order chi connectivity index (χ1) is 9.19. The van der Waals surface area contributed by atoms with Gasteiger partial charge in [0.25, 0.3) is 0 Å². The third kappa shape index (κ3) is 4.07. The summed E-state index contributed by atoms with van der Waals surface area (Å²) in [6.45, 7) is 3.92. The fraction of sp³-hybridized carbons (Fsp3) is 0.833. The first-order valence-electron chi connectivity index (χ1n) is 6.83. The molecule has 0 radical (unpaired) electrons. The number of nitrogens with two attached hydrogens (primary N) is 1. The molecule has 108 valence electrons. The quantitative estimate of drug-likeness (QED) is 0.588. The summed E-state index contributed by atoms with van der Waals surface area (Å²) in [6.07, 6.45) is 1.46. The fourth-order valence-corrected chi connectivity index (χ4v) is 2.60. The van der Waals surface area contributed by atoms with Crippen molar-refractivity contribution in [3.63, 3.8) is 0 Å². The summed E-state index contributed by atoms with van der Waals surface area (Å²) in [5, 5.41) is 5.48. The molecule has 0 aliphatic carbocycles. The van der Waals surface area contributed by atoms with Crippen molar-refractivity contribution >= 4 is 12.0 Å². The van der Waals surface area contributed by atoms with Crippen LogP contribution in [-0.4, -0.2) is 62.3 Å². The maximum Gasteiger partial charge on any atom is 0.407 e. The third-order valence-corrected chi connectivity index (χ3v) is 3.53. The first-order valence-corrected chi connectivity index (χ1v) is 6.83. The second kappa shape index (κ2) is 6.72. The van der Waals surface area contributed by atoms with E-state index >= 15 is 0 Å². The molecule has 0 bridgehead atoms. The summed E-state index contributed by atoms with van der Waals surface area (Å²) in [7, 11) is 0. The van der Waals surface area contributed by atoms with Crippen LogP contribution in [0.5, 0.6) is 0 Å². The highest BCUT2D eigenvalue weighted by Crippen LogP contribution is 2.17. The predicted molar refractivity (Wildman–Crippen MR) is 69.5 cm³/mol. The van der Waals surface area contributed by atoms with Crippen molar-refractivity contribution in [3.8, 4) is 0 Å². The van der Waals surface area contributed by atoms with E-state index in [0.29, 0.717) is 26.2 Å². The van der Waals surface area contributed by atoms with Crippen LogP contribution < -0.4 is 16.4 Å². The first kappa shape index (κ1) is 14.1. The zero-order valence-corrected chi connectivity index (χ0v) is 11.1. The Kier molecular flexibility index (Phi) is 4.98. The lowest BCUT2D eigenvalue weighted by atomic mass is 9.97. The summed E-state index contributed by atoms with van der Waals surface area (Å²) in [6, 6.07) is 0. The SMILES string of the molecule is NCCNC(=O)C1CCCN(CC2CNC(=O)O2)C1. The smallest absolute Gasteiger partial charge is 0.407 e. The van der Waals surface area contributed by atoms with Crippen LogP contribution in [0.15, 0.2) is 0 Å². The molecule has 19 heavy (non-hydrogen) atoms. The van der Waals surface area contributed by atoms with Gasteiger partial charge in [-0.05, 0) is 19.4 Å². The number of ether oxygens (including phenoxy) is 1. The number of amides is 2. The average molecular weight is 270 g/mol. The number of hydrogen-bond donors (Lipinski definition) is 3. The van der Waals surface area contributed by atoms with E-state index in [1.807, 2.05) is 0 Å². The van der Waals surface area contributed by atoms with Gasteiger partial charge < -0.3 is 21.1 Å². The third-order valence-electron chi connectivity index (χ3n) is 3.53. The van der Waals surface area contributed by atoms with Crippen LogP contribution in [0.25, 0.3) is 0 Å². The lowest BCUT2D eigenvalue weighted by molar-refractivity contribution is -0.126. The van der Waals surface area contributed by atoms with Crippen LogP contribution in [0.3, 0.4) is 0 Å². The van der Waals surface area contributed by atoms with Gasteiger partial charge in [0, 0.05) is 26.2 Å². The number of cyclic esters (lactones) is 1.